The Kier molecular flexibility index (Phi) is 4.86. The van der Waals surface area contributed by atoms with Gasteiger partial charge in [-0.05, 0) is 30.7 Å². The molecule has 2 heterocycles. The molecule has 1 N–H and O–H groups in total. The zero-order valence-electron chi connectivity index (χ0n) is 14.1. The highest BCUT2D eigenvalue weighted by Gasteiger charge is 2.31. The number of benzene rings is 1. The van der Waals surface area contributed by atoms with Gasteiger partial charge in [-0.25, -0.2) is 18.4 Å². The Labute approximate surface area is 151 Å². The molecule has 2 aromatic rings. The van der Waals surface area contributed by atoms with E-state index in [4.69, 9.17) is 5.26 Å². The first kappa shape index (κ1) is 17.8. The van der Waals surface area contributed by atoms with Crippen LogP contribution >= 0.6 is 0 Å². The summed E-state index contributed by atoms with van der Waals surface area (Å²) in [5, 5.41) is 11.5. The zero-order valence-corrected chi connectivity index (χ0v) is 14.9. The van der Waals surface area contributed by atoms with Crippen molar-refractivity contribution < 1.29 is 13.2 Å². The minimum Gasteiger partial charge on any atom is -0.340 e. The Bertz CT molecular complexity index is 949. The van der Waals surface area contributed by atoms with Crippen LogP contribution in [0.5, 0.6) is 0 Å². The maximum atomic E-state index is 12.2. The lowest BCUT2D eigenvalue weighted by molar-refractivity contribution is 0.102. The molecule has 1 saturated heterocycles. The van der Waals surface area contributed by atoms with Crippen LogP contribution in [0.4, 0.5) is 11.6 Å². The van der Waals surface area contributed by atoms with Gasteiger partial charge in [0.15, 0.2) is 9.84 Å². The van der Waals surface area contributed by atoms with Crippen molar-refractivity contribution >= 4 is 27.4 Å². The van der Waals surface area contributed by atoms with Gasteiger partial charge in [-0.3, -0.25) is 4.79 Å². The van der Waals surface area contributed by atoms with Crippen LogP contribution in [0.3, 0.4) is 0 Å². The number of nitrogens with one attached hydrogen (secondary N) is 1. The van der Waals surface area contributed by atoms with E-state index < -0.39 is 9.84 Å². The quantitative estimate of drug-likeness (QED) is 0.859. The van der Waals surface area contributed by atoms with Gasteiger partial charge in [0.25, 0.3) is 5.91 Å². The molecule has 1 fully saturated rings. The summed E-state index contributed by atoms with van der Waals surface area (Å²) in [4.78, 5) is 22.3. The molecular formula is C17H17N5O3S. The van der Waals surface area contributed by atoms with Gasteiger partial charge in [0.1, 0.15) is 0 Å². The van der Waals surface area contributed by atoms with Crippen molar-refractivity contribution in [3.8, 4) is 6.07 Å². The molecule has 9 heteroatoms. The smallest absolute Gasteiger partial charge is 0.258 e. The summed E-state index contributed by atoms with van der Waals surface area (Å²) >= 11 is 0. The molecule has 0 spiro atoms. The fourth-order valence-electron chi connectivity index (χ4n) is 2.70. The maximum Gasteiger partial charge on any atom is 0.258 e. The summed E-state index contributed by atoms with van der Waals surface area (Å²) in [6.07, 6.45) is 3.35. The molecule has 0 aliphatic carbocycles. The van der Waals surface area contributed by atoms with E-state index in [1.807, 2.05) is 6.07 Å². The molecule has 134 valence electrons. The van der Waals surface area contributed by atoms with E-state index in [-0.39, 0.29) is 29.0 Å². The molecule has 1 aromatic heterocycles. The van der Waals surface area contributed by atoms with Crippen LogP contribution in [0, 0.1) is 11.3 Å². The van der Waals surface area contributed by atoms with E-state index >= 15 is 0 Å². The van der Waals surface area contributed by atoms with Crippen LogP contribution in [-0.4, -0.2) is 48.9 Å². The van der Waals surface area contributed by atoms with Crippen LogP contribution in [0.15, 0.2) is 36.7 Å². The van der Waals surface area contributed by atoms with E-state index in [1.54, 1.807) is 36.2 Å². The molecule has 0 saturated carbocycles. The number of amides is 1. The highest BCUT2D eigenvalue weighted by Crippen LogP contribution is 2.20. The van der Waals surface area contributed by atoms with Gasteiger partial charge in [0.05, 0.1) is 28.7 Å². The number of aromatic nitrogens is 2. The van der Waals surface area contributed by atoms with Crippen molar-refractivity contribution in [2.24, 2.45) is 0 Å². The molecule has 1 aliphatic rings. The molecule has 0 bridgehead atoms. The minimum atomic E-state index is -2.99. The Balaban J connectivity index is 1.66. The topological polar surface area (TPSA) is 116 Å². The number of nitriles is 1. The van der Waals surface area contributed by atoms with Crippen molar-refractivity contribution in [1.29, 1.82) is 5.26 Å². The van der Waals surface area contributed by atoms with Crippen LogP contribution in [0.1, 0.15) is 22.3 Å². The van der Waals surface area contributed by atoms with Gasteiger partial charge in [-0.15, -0.1) is 0 Å². The zero-order chi connectivity index (χ0) is 18.7. The molecule has 1 aromatic carbocycles. The number of carbonyl (C=O) groups is 1. The summed E-state index contributed by atoms with van der Waals surface area (Å²) in [5.74, 6) is 0.273. The van der Waals surface area contributed by atoms with Crippen LogP contribution in [-0.2, 0) is 9.84 Å². The van der Waals surface area contributed by atoms with Crippen LogP contribution in [0.2, 0.25) is 0 Å². The van der Waals surface area contributed by atoms with Crippen LogP contribution < -0.4 is 10.2 Å². The van der Waals surface area contributed by atoms with Crippen molar-refractivity contribution in [3.63, 3.8) is 0 Å². The number of carbonyl (C=O) groups excluding carboxylic acids is 1. The molecular weight excluding hydrogens is 354 g/mol. The molecule has 1 amide bonds. The van der Waals surface area contributed by atoms with Gasteiger partial charge >= 0.3 is 0 Å². The Morgan fingerprint density at radius 2 is 1.92 bits per heavy atom. The second kappa shape index (κ2) is 7.09. The van der Waals surface area contributed by atoms with E-state index in [1.165, 1.54) is 12.4 Å². The average molecular weight is 371 g/mol. The van der Waals surface area contributed by atoms with Gasteiger partial charge in [-0.2, -0.15) is 5.26 Å². The first-order valence-electron chi connectivity index (χ1n) is 7.95. The van der Waals surface area contributed by atoms with Gasteiger partial charge in [-0.1, -0.05) is 0 Å². The number of hydrogen-bond acceptors (Lipinski definition) is 7. The Morgan fingerprint density at radius 3 is 2.46 bits per heavy atom. The van der Waals surface area contributed by atoms with Gasteiger partial charge < -0.3 is 10.2 Å². The minimum absolute atomic E-state index is 0.0911. The Hall–Kier alpha value is -2.99. The molecule has 8 nitrogen and oxygen atoms in total. The molecule has 26 heavy (non-hydrogen) atoms. The molecule has 1 unspecified atom stereocenters. The third-order valence-electron chi connectivity index (χ3n) is 4.24. The monoisotopic (exact) mass is 371 g/mol. The number of hydrogen-bond donors (Lipinski definition) is 1. The van der Waals surface area contributed by atoms with Crippen molar-refractivity contribution in [3.05, 3.63) is 47.8 Å². The van der Waals surface area contributed by atoms with E-state index in [0.29, 0.717) is 23.6 Å². The number of rotatable bonds is 4. The normalized spacial score (nSPS) is 18.1. The second-order valence-electron chi connectivity index (χ2n) is 6.08. The summed E-state index contributed by atoms with van der Waals surface area (Å²) in [6.45, 7) is 0. The molecule has 1 atom stereocenters. The summed E-state index contributed by atoms with van der Waals surface area (Å²) in [5.41, 5.74) is 1.35. The van der Waals surface area contributed by atoms with E-state index in [0.717, 1.165) is 0 Å². The fourth-order valence-corrected chi connectivity index (χ4v) is 4.47. The lowest BCUT2D eigenvalue weighted by atomic mass is 10.2. The highest BCUT2D eigenvalue weighted by atomic mass is 32.2. The fraction of sp³-hybridized carbons (Fsp3) is 0.294. The number of nitrogens with zero attached hydrogens (tertiary/aromatic N) is 4. The van der Waals surface area contributed by atoms with Crippen molar-refractivity contribution in [2.75, 3.05) is 28.8 Å². The van der Waals surface area contributed by atoms with Gasteiger partial charge in [0.2, 0.25) is 5.95 Å². The lowest BCUT2D eigenvalue weighted by Crippen LogP contribution is -2.34. The third kappa shape index (κ3) is 3.97. The highest BCUT2D eigenvalue weighted by molar-refractivity contribution is 7.91. The third-order valence-corrected chi connectivity index (χ3v) is 5.99. The first-order valence-corrected chi connectivity index (χ1v) is 9.77. The summed E-state index contributed by atoms with van der Waals surface area (Å²) < 4.78 is 23.2. The number of sulfone groups is 1. The summed E-state index contributed by atoms with van der Waals surface area (Å²) in [7, 11) is -1.24. The molecule has 1 aliphatic heterocycles. The standard InChI is InChI=1S/C17H17N5O3S/c1-22(15-6-7-26(24,25)11-15)17-19-9-13(10-20-17)16(23)21-14-4-2-12(8-18)3-5-14/h2-5,9-10,15H,6-7,11H2,1H3,(H,21,23). The largest absolute Gasteiger partial charge is 0.340 e. The first-order chi connectivity index (χ1) is 12.4. The van der Waals surface area contributed by atoms with Crippen molar-refractivity contribution in [2.45, 2.75) is 12.5 Å². The van der Waals surface area contributed by atoms with Gasteiger partial charge in [0, 0.05) is 31.2 Å². The van der Waals surface area contributed by atoms with Crippen molar-refractivity contribution in [1.82, 2.24) is 9.97 Å². The molecule has 3 rings (SSSR count). The average Bonchev–Trinajstić information content (AvgIpc) is 3.01. The maximum absolute atomic E-state index is 12.2. The lowest BCUT2D eigenvalue weighted by Gasteiger charge is -2.23. The SMILES string of the molecule is CN(c1ncc(C(=O)Nc2ccc(C#N)cc2)cn1)C1CCS(=O)(=O)C1. The van der Waals surface area contributed by atoms with E-state index in [2.05, 4.69) is 15.3 Å². The number of anilines is 2. The molecule has 0 radical (unpaired) electrons. The van der Waals surface area contributed by atoms with Crippen LogP contribution in [0.25, 0.3) is 0 Å². The predicted octanol–water partition coefficient (Wildman–Crippen LogP) is 1.22. The second-order valence-corrected chi connectivity index (χ2v) is 8.31. The van der Waals surface area contributed by atoms with E-state index in [9.17, 15) is 13.2 Å². The Morgan fingerprint density at radius 1 is 1.27 bits per heavy atom. The predicted molar refractivity (Wildman–Crippen MR) is 96.6 cm³/mol. The summed E-state index contributed by atoms with van der Waals surface area (Å²) in [6, 6.07) is 8.35.